The van der Waals surface area contributed by atoms with Gasteiger partial charge in [-0.2, -0.15) is 0 Å². The fourth-order valence-corrected chi connectivity index (χ4v) is 2.41. The zero-order valence-electron chi connectivity index (χ0n) is 9.04. The van der Waals surface area contributed by atoms with E-state index in [-0.39, 0.29) is 0 Å². The molecule has 0 fully saturated rings. The Hall–Kier alpha value is -0.490. The third-order valence-corrected chi connectivity index (χ3v) is 3.16. The van der Waals surface area contributed by atoms with Gasteiger partial charge in [-0.1, -0.05) is 57.0 Å². The van der Waals surface area contributed by atoms with Crippen LogP contribution in [0, 0.1) is 5.92 Å². The molecule has 0 saturated heterocycles. The highest BCUT2D eigenvalue weighted by molar-refractivity contribution is 6.18. The van der Waals surface area contributed by atoms with E-state index in [1.54, 1.807) is 0 Å². The maximum absolute atomic E-state index is 6.03. The molecule has 78 valence electrons. The van der Waals surface area contributed by atoms with Crippen molar-refractivity contribution in [3.63, 3.8) is 0 Å². The van der Waals surface area contributed by atoms with Gasteiger partial charge in [0.1, 0.15) is 0 Å². The number of hydrogen-bond donors (Lipinski definition) is 0. The van der Waals surface area contributed by atoms with Crippen molar-refractivity contribution in [3.05, 3.63) is 35.9 Å². The summed E-state index contributed by atoms with van der Waals surface area (Å²) in [5.74, 6) is 1.92. The molecule has 0 N–H and O–H groups in total. The Bertz CT molecular complexity index is 243. The lowest BCUT2D eigenvalue weighted by Crippen LogP contribution is -2.11. The van der Waals surface area contributed by atoms with Crippen molar-refractivity contribution in [2.75, 3.05) is 5.88 Å². The Morgan fingerprint density at radius 3 is 2.36 bits per heavy atom. The highest BCUT2D eigenvalue weighted by Crippen LogP contribution is 2.28. The molecule has 1 rings (SSSR count). The van der Waals surface area contributed by atoms with Gasteiger partial charge in [-0.25, -0.2) is 0 Å². The SMILES string of the molecule is CCCC(C)C(CCl)c1ccccc1. The van der Waals surface area contributed by atoms with E-state index >= 15 is 0 Å². The lowest BCUT2D eigenvalue weighted by molar-refractivity contribution is 0.451. The van der Waals surface area contributed by atoms with Crippen LogP contribution in [0.1, 0.15) is 38.2 Å². The molecule has 0 heterocycles. The van der Waals surface area contributed by atoms with Crippen LogP contribution in [-0.2, 0) is 0 Å². The Labute approximate surface area is 92.3 Å². The third kappa shape index (κ3) is 3.02. The van der Waals surface area contributed by atoms with Gasteiger partial charge < -0.3 is 0 Å². The van der Waals surface area contributed by atoms with E-state index in [0.29, 0.717) is 11.8 Å². The molecule has 0 aliphatic rings. The van der Waals surface area contributed by atoms with Gasteiger partial charge >= 0.3 is 0 Å². The molecule has 0 spiro atoms. The van der Waals surface area contributed by atoms with Gasteiger partial charge in [-0.05, 0) is 17.4 Å². The van der Waals surface area contributed by atoms with E-state index in [4.69, 9.17) is 11.6 Å². The normalized spacial score (nSPS) is 15.1. The first-order valence-corrected chi connectivity index (χ1v) is 5.94. The summed E-state index contributed by atoms with van der Waals surface area (Å²) in [6.45, 7) is 4.52. The van der Waals surface area contributed by atoms with E-state index in [9.17, 15) is 0 Å². The van der Waals surface area contributed by atoms with E-state index < -0.39 is 0 Å². The number of benzene rings is 1. The Balaban J connectivity index is 2.71. The second-order valence-corrected chi connectivity index (χ2v) is 4.25. The van der Waals surface area contributed by atoms with Crippen LogP contribution in [0.2, 0.25) is 0 Å². The molecular weight excluding hydrogens is 192 g/mol. The summed E-state index contributed by atoms with van der Waals surface area (Å²) in [6, 6.07) is 10.6. The minimum absolute atomic E-state index is 0.512. The quantitative estimate of drug-likeness (QED) is 0.631. The zero-order valence-corrected chi connectivity index (χ0v) is 9.80. The summed E-state index contributed by atoms with van der Waals surface area (Å²) in [6.07, 6.45) is 2.49. The molecule has 2 atom stereocenters. The molecule has 0 amide bonds. The van der Waals surface area contributed by atoms with E-state index in [0.717, 1.165) is 5.88 Å². The van der Waals surface area contributed by atoms with Crippen molar-refractivity contribution in [2.24, 2.45) is 5.92 Å². The molecular formula is C13H19Cl. The van der Waals surface area contributed by atoms with Crippen molar-refractivity contribution >= 4 is 11.6 Å². The van der Waals surface area contributed by atoms with Crippen LogP contribution in [0.3, 0.4) is 0 Å². The number of hydrogen-bond acceptors (Lipinski definition) is 0. The van der Waals surface area contributed by atoms with Crippen LogP contribution in [0.15, 0.2) is 30.3 Å². The fraction of sp³-hybridized carbons (Fsp3) is 0.538. The number of alkyl halides is 1. The number of rotatable bonds is 5. The van der Waals surface area contributed by atoms with Crippen molar-refractivity contribution in [3.8, 4) is 0 Å². The first-order valence-electron chi connectivity index (χ1n) is 5.40. The summed E-state index contributed by atoms with van der Waals surface area (Å²) in [4.78, 5) is 0. The topological polar surface area (TPSA) is 0 Å². The highest BCUT2D eigenvalue weighted by Gasteiger charge is 2.16. The van der Waals surface area contributed by atoms with Gasteiger partial charge in [0.15, 0.2) is 0 Å². The second-order valence-electron chi connectivity index (χ2n) is 3.94. The van der Waals surface area contributed by atoms with Crippen LogP contribution in [0.5, 0.6) is 0 Å². The van der Waals surface area contributed by atoms with Crippen LogP contribution < -0.4 is 0 Å². The summed E-state index contributed by atoms with van der Waals surface area (Å²) in [5, 5.41) is 0. The van der Waals surface area contributed by atoms with Crippen LogP contribution in [0.4, 0.5) is 0 Å². The predicted octanol–water partition coefficient (Wildman–Crippen LogP) is 4.45. The van der Waals surface area contributed by atoms with Gasteiger partial charge in [0.25, 0.3) is 0 Å². The summed E-state index contributed by atoms with van der Waals surface area (Å²) in [7, 11) is 0. The second kappa shape index (κ2) is 6.08. The molecule has 1 heteroatoms. The Kier molecular flexibility index (Phi) is 5.03. The van der Waals surface area contributed by atoms with Crippen molar-refractivity contribution < 1.29 is 0 Å². The van der Waals surface area contributed by atoms with Crippen LogP contribution >= 0.6 is 11.6 Å². The maximum atomic E-state index is 6.03. The van der Waals surface area contributed by atoms with Gasteiger partial charge in [0.05, 0.1) is 0 Å². The molecule has 0 bridgehead atoms. The average Bonchev–Trinajstić information content (AvgIpc) is 2.21. The zero-order chi connectivity index (χ0) is 10.4. The minimum atomic E-state index is 0.512. The first-order chi connectivity index (χ1) is 6.79. The smallest absolute Gasteiger partial charge is 0.0294 e. The molecule has 0 aliphatic heterocycles. The maximum Gasteiger partial charge on any atom is 0.0294 e. The van der Waals surface area contributed by atoms with Crippen molar-refractivity contribution in [2.45, 2.75) is 32.6 Å². The lowest BCUT2D eigenvalue weighted by atomic mass is 9.86. The number of halogens is 1. The molecule has 14 heavy (non-hydrogen) atoms. The monoisotopic (exact) mass is 210 g/mol. The summed E-state index contributed by atoms with van der Waals surface area (Å²) < 4.78 is 0. The van der Waals surface area contributed by atoms with Gasteiger partial charge in [-0.3, -0.25) is 0 Å². The third-order valence-electron chi connectivity index (χ3n) is 2.82. The van der Waals surface area contributed by atoms with E-state index in [1.165, 1.54) is 18.4 Å². The molecule has 0 nitrogen and oxygen atoms in total. The molecule has 0 aliphatic carbocycles. The lowest BCUT2D eigenvalue weighted by Gasteiger charge is -2.21. The molecule has 1 aromatic carbocycles. The Morgan fingerprint density at radius 1 is 1.21 bits per heavy atom. The standard InChI is InChI=1S/C13H19Cl/c1-3-7-11(2)13(10-14)12-8-5-4-6-9-12/h4-6,8-9,11,13H,3,7,10H2,1-2H3. The largest absolute Gasteiger partial charge is 0.126 e. The summed E-state index contributed by atoms with van der Waals surface area (Å²) in [5.41, 5.74) is 1.38. The van der Waals surface area contributed by atoms with Crippen LogP contribution in [-0.4, -0.2) is 5.88 Å². The Morgan fingerprint density at radius 2 is 1.86 bits per heavy atom. The average molecular weight is 211 g/mol. The highest BCUT2D eigenvalue weighted by atomic mass is 35.5. The molecule has 1 aromatic rings. The first kappa shape index (κ1) is 11.6. The molecule has 0 aromatic heterocycles. The molecule has 2 unspecified atom stereocenters. The fourth-order valence-electron chi connectivity index (χ4n) is 1.93. The molecule has 0 radical (unpaired) electrons. The minimum Gasteiger partial charge on any atom is -0.126 e. The van der Waals surface area contributed by atoms with Gasteiger partial charge in [-0.15, -0.1) is 11.6 Å². The summed E-state index contributed by atoms with van der Waals surface area (Å²) >= 11 is 6.03. The van der Waals surface area contributed by atoms with Crippen molar-refractivity contribution in [1.29, 1.82) is 0 Å². The van der Waals surface area contributed by atoms with Crippen molar-refractivity contribution in [1.82, 2.24) is 0 Å². The predicted molar refractivity (Wildman–Crippen MR) is 64.0 cm³/mol. The van der Waals surface area contributed by atoms with Crippen LogP contribution in [0.25, 0.3) is 0 Å². The molecule has 0 saturated carbocycles. The van der Waals surface area contributed by atoms with E-state index in [2.05, 4.69) is 44.2 Å². The van der Waals surface area contributed by atoms with E-state index in [1.807, 2.05) is 0 Å². The van der Waals surface area contributed by atoms with Gasteiger partial charge in [0, 0.05) is 5.88 Å². The van der Waals surface area contributed by atoms with Gasteiger partial charge in [0.2, 0.25) is 0 Å².